The first-order valence-corrected chi connectivity index (χ1v) is 3.49. The van der Waals surface area contributed by atoms with Gasteiger partial charge < -0.3 is 4.90 Å². The summed E-state index contributed by atoms with van der Waals surface area (Å²) in [6, 6.07) is 0. The van der Waals surface area contributed by atoms with E-state index in [0.717, 1.165) is 0 Å². The Kier molecular flexibility index (Phi) is 11.0. The lowest BCUT2D eigenvalue weighted by Gasteiger charge is -2.12. The minimum Gasteiger partial charge on any atom is -0.306 e. The second-order valence-corrected chi connectivity index (χ2v) is 2.30. The number of nitrogens with zero attached hydrogens (tertiary/aromatic N) is 1. The molecule has 0 aromatic carbocycles. The third-order valence-electron chi connectivity index (χ3n) is 1.21. The highest BCUT2D eigenvalue weighted by atomic mass is 35.5. The lowest BCUT2D eigenvalue weighted by Crippen LogP contribution is -2.19. The fraction of sp³-hybridized carbons (Fsp3) is 1.00. The molecule has 0 aromatic heterocycles. The summed E-state index contributed by atoms with van der Waals surface area (Å²) >= 11 is 0. The Morgan fingerprint density at radius 3 is 1.56 bits per heavy atom. The van der Waals surface area contributed by atoms with Gasteiger partial charge in [0.25, 0.3) is 0 Å². The molecule has 0 unspecified atom stereocenters. The first kappa shape index (κ1) is 12.0. The molecule has 0 atom stereocenters. The average Bonchev–Trinajstić information content (AvgIpc) is 1.68. The van der Waals surface area contributed by atoms with E-state index in [0.29, 0.717) is 0 Å². The van der Waals surface area contributed by atoms with E-state index >= 15 is 0 Å². The molecular weight excluding hydrogens is 134 g/mol. The first-order chi connectivity index (χ1) is 3.81. The molecule has 0 bridgehead atoms. The van der Waals surface area contributed by atoms with Crippen molar-refractivity contribution >= 4 is 12.4 Å². The Hall–Kier alpha value is 0.250. The molecule has 1 nitrogen and oxygen atoms in total. The lowest BCUT2D eigenvalue weighted by molar-refractivity contribution is 0.335. The summed E-state index contributed by atoms with van der Waals surface area (Å²) in [5, 5.41) is 0. The molecular formula is C7H18ClN. The molecule has 0 saturated heterocycles. The van der Waals surface area contributed by atoms with Crippen molar-refractivity contribution in [2.75, 3.05) is 20.1 Å². The second kappa shape index (κ2) is 8.25. The minimum absolute atomic E-state index is 0. The number of hydrogen-bond acceptors (Lipinski definition) is 1. The predicted octanol–water partition coefficient (Wildman–Crippen LogP) is 2.16. The van der Waals surface area contributed by atoms with Crippen LogP contribution in [-0.2, 0) is 0 Å². The van der Waals surface area contributed by atoms with Crippen molar-refractivity contribution in [3.63, 3.8) is 0 Å². The zero-order chi connectivity index (χ0) is 6.41. The van der Waals surface area contributed by atoms with Gasteiger partial charge in [0.15, 0.2) is 0 Å². The van der Waals surface area contributed by atoms with Gasteiger partial charge in [-0.2, -0.15) is 0 Å². The van der Waals surface area contributed by atoms with E-state index in [2.05, 4.69) is 25.8 Å². The largest absolute Gasteiger partial charge is 0.306 e. The molecule has 0 aromatic rings. The molecule has 0 amide bonds. The number of halogens is 1. The predicted molar refractivity (Wildman–Crippen MR) is 45.3 cm³/mol. The van der Waals surface area contributed by atoms with Crippen LogP contribution in [0.3, 0.4) is 0 Å². The van der Waals surface area contributed by atoms with Crippen molar-refractivity contribution in [2.24, 2.45) is 0 Å². The quantitative estimate of drug-likeness (QED) is 0.596. The van der Waals surface area contributed by atoms with Crippen LogP contribution in [0.4, 0.5) is 0 Å². The van der Waals surface area contributed by atoms with Gasteiger partial charge in [-0.1, -0.05) is 13.8 Å². The third-order valence-corrected chi connectivity index (χ3v) is 1.21. The number of hydrogen-bond donors (Lipinski definition) is 0. The molecule has 0 heterocycles. The summed E-state index contributed by atoms with van der Waals surface area (Å²) in [5.41, 5.74) is 0. The zero-order valence-electron chi connectivity index (χ0n) is 6.68. The van der Waals surface area contributed by atoms with Crippen LogP contribution in [0, 0.1) is 0 Å². The van der Waals surface area contributed by atoms with Crippen LogP contribution in [-0.4, -0.2) is 25.0 Å². The maximum atomic E-state index is 2.36. The molecule has 0 saturated carbocycles. The van der Waals surface area contributed by atoms with Gasteiger partial charge in [-0.15, -0.1) is 12.4 Å². The first-order valence-electron chi connectivity index (χ1n) is 3.49. The molecule has 58 valence electrons. The monoisotopic (exact) mass is 151 g/mol. The van der Waals surface area contributed by atoms with Crippen molar-refractivity contribution in [3.05, 3.63) is 0 Å². The molecule has 0 radical (unpaired) electrons. The zero-order valence-corrected chi connectivity index (χ0v) is 7.50. The van der Waals surface area contributed by atoms with Crippen molar-refractivity contribution < 1.29 is 0 Å². The van der Waals surface area contributed by atoms with Crippen LogP contribution in [0.25, 0.3) is 0 Å². The molecule has 0 N–H and O–H groups in total. The van der Waals surface area contributed by atoms with E-state index in [9.17, 15) is 0 Å². The minimum atomic E-state index is 0. The highest BCUT2D eigenvalue weighted by Gasteiger charge is 1.90. The van der Waals surface area contributed by atoms with Gasteiger partial charge in [-0.25, -0.2) is 0 Å². The SMILES string of the molecule is CCCN(C)CCC.Cl. The van der Waals surface area contributed by atoms with E-state index < -0.39 is 0 Å². The van der Waals surface area contributed by atoms with Crippen LogP contribution in [0.2, 0.25) is 0 Å². The fourth-order valence-corrected chi connectivity index (χ4v) is 0.875. The van der Waals surface area contributed by atoms with Gasteiger partial charge in [-0.05, 0) is 33.0 Å². The van der Waals surface area contributed by atoms with Crippen LogP contribution < -0.4 is 0 Å². The van der Waals surface area contributed by atoms with Gasteiger partial charge in [0.1, 0.15) is 0 Å². The molecule has 0 aliphatic carbocycles. The van der Waals surface area contributed by atoms with Gasteiger partial charge in [0.2, 0.25) is 0 Å². The van der Waals surface area contributed by atoms with Gasteiger partial charge in [0.05, 0.1) is 0 Å². The van der Waals surface area contributed by atoms with Gasteiger partial charge >= 0.3 is 0 Å². The Morgan fingerprint density at radius 2 is 1.33 bits per heavy atom. The van der Waals surface area contributed by atoms with E-state index in [1.165, 1.54) is 25.9 Å². The molecule has 2 heteroatoms. The van der Waals surface area contributed by atoms with Crippen molar-refractivity contribution in [1.29, 1.82) is 0 Å². The van der Waals surface area contributed by atoms with Gasteiger partial charge in [0, 0.05) is 0 Å². The summed E-state index contributed by atoms with van der Waals surface area (Å²) in [6.45, 7) is 6.92. The van der Waals surface area contributed by atoms with E-state index in [1.54, 1.807) is 0 Å². The summed E-state index contributed by atoms with van der Waals surface area (Å²) in [7, 11) is 2.17. The number of rotatable bonds is 4. The smallest absolute Gasteiger partial charge is 0.00244 e. The van der Waals surface area contributed by atoms with Crippen molar-refractivity contribution in [2.45, 2.75) is 26.7 Å². The highest BCUT2D eigenvalue weighted by Crippen LogP contribution is 1.86. The Labute approximate surface area is 64.8 Å². The molecule has 9 heavy (non-hydrogen) atoms. The summed E-state index contributed by atoms with van der Waals surface area (Å²) < 4.78 is 0. The van der Waals surface area contributed by atoms with Crippen molar-refractivity contribution in [1.82, 2.24) is 4.90 Å². The van der Waals surface area contributed by atoms with Crippen LogP contribution in [0.5, 0.6) is 0 Å². The topological polar surface area (TPSA) is 3.24 Å². The Balaban J connectivity index is 0. The summed E-state index contributed by atoms with van der Waals surface area (Å²) in [4.78, 5) is 2.36. The average molecular weight is 152 g/mol. The summed E-state index contributed by atoms with van der Waals surface area (Å²) in [6.07, 6.45) is 2.55. The fourth-order valence-electron chi connectivity index (χ4n) is 0.875. The summed E-state index contributed by atoms with van der Waals surface area (Å²) in [5.74, 6) is 0. The second-order valence-electron chi connectivity index (χ2n) is 2.30. The molecule has 0 fully saturated rings. The van der Waals surface area contributed by atoms with Crippen LogP contribution in [0.15, 0.2) is 0 Å². The van der Waals surface area contributed by atoms with E-state index in [-0.39, 0.29) is 12.4 Å². The van der Waals surface area contributed by atoms with E-state index in [4.69, 9.17) is 0 Å². The van der Waals surface area contributed by atoms with Crippen LogP contribution in [0.1, 0.15) is 26.7 Å². The van der Waals surface area contributed by atoms with E-state index in [1.807, 2.05) is 0 Å². The Morgan fingerprint density at radius 1 is 1.00 bits per heavy atom. The molecule has 0 aliphatic heterocycles. The highest BCUT2D eigenvalue weighted by molar-refractivity contribution is 5.85. The standard InChI is InChI=1S/C7H17N.ClH/c1-4-6-8(3)7-5-2;/h4-7H2,1-3H3;1H. The molecule has 0 rings (SSSR count). The van der Waals surface area contributed by atoms with Gasteiger partial charge in [-0.3, -0.25) is 0 Å². The van der Waals surface area contributed by atoms with Crippen molar-refractivity contribution in [3.8, 4) is 0 Å². The lowest BCUT2D eigenvalue weighted by atomic mass is 10.4. The molecule has 0 spiro atoms. The maximum absolute atomic E-state index is 2.36. The third kappa shape index (κ3) is 8.25. The Bertz CT molecular complexity index is 42.2. The maximum Gasteiger partial charge on any atom is -0.00244 e. The van der Waals surface area contributed by atoms with Crippen LogP contribution >= 0.6 is 12.4 Å². The normalized spacial score (nSPS) is 9.33. The molecule has 0 aliphatic rings.